The van der Waals surface area contributed by atoms with Crippen molar-refractivity contribution >= 4 is 22.6 Å². The molecule has 0 aromatic carbocycles. The molecule has 0 saturated heterocycles. The van der Waals surface area contributed by atoms with Crippen molar-refractivity contribution in [2.24, 2.45) is 5.11 Å². The lowest BCUT2D eigenvalue weighted by molar-refractivity contribution is 0.821. The molecule has 1 aromatic rings. The molecule has 0 spiro atoms. The number of hydrogen-bond donors (Lipinski definition) is 0. The van der Waals surface area contributed by atoms with E-state index in [0.717, 1.165) is 18.5 Å². The summed E-state index contributed by atoms with van der Waals surface area (Å²) in [4.78, 5) is 6.97. The molecule has 0 fully saturated rings. The minimum Gasteiger partial charge on any atom is -0.260 e. The largest absolute Gasteiger partial charge is 0.260 e. The van der Waals surface area contributed by atoms with Crippen molar-refractivity contribution in [2.45, 2.75) is 19.8 Å². The number of azide groups is 1. The van der Waals surface area contributed by atoms with Gasteiger partial charge in [0.15, 0.2) is 0 Å². The van der Waals surface area contributed by atoms with Gasteiger partial charge in [-0.3, -0.25) is 4.98 Å². The minimum atomic E-state index is 0.557. The van der Waals surface area contributed by atoms with Gasteiger partial charge in [0.2, 0.25) is 0 Å². The van der Waals surface area contributed by atoms with Crippen LogP contribution in [0.2, 0.25) is 0 Å². The number of aromatic nitrogens is 1. The second kappa shape index (κ2) is 5.82. The van der Waals surface area contributed by atoms with Crippen molar-refractivity contribution in [3.8, 4) is 0 Å². The second-order valence-corrected chi connectivity index (χ2v) is 4.13. The van der Waals surface area contributed by atoms with Crippen LogP contribution >= 0.6 is 22.6 Å². The van der Waals surface area contributed by atoms with Crippen molar-refractivity contribution in [3.63, 3.8) is 0 Å². The molecule has 0 bridgehead atoms. The van der Waals surface area contributed by atoms with E-state index in [1.807, 2.05) is 13.1 Å². The first-order chi connectivity index (χ1) is 6.74. The van der Waals surface area contributed by atoms with E-state index in [1.54, 1.807) is 0 Å². The fraction of sp³-hybridized carbons (Fsp3) is 0.444. The Morgan fingerprint density at radius 1 is 1.64 bits per heavy atom. The second-order valence-electron chi connectivity index (χ2n) is 2.97. The van der Waals surface area contributed by atoms with Gasteiger partial charge in [-0.2, -0.15) is 0 Å². The van der Waals surface area contributed by atoms with E-state index < -0.39 is 0 Å². The van der Waals surface area contributed by atoms with Crippen LogP contribution in [0.1, 0.15) is 17.7 Å². The molecule has 1 aromatic heterocycles. The van der Waals surface area contributed by atoms with Gasteiger partial charge in [0.05, 0.1) is 5.69 Å². The predicted octanol–water partition coefficient (Wildman–Crippen LogP) is 3.24. The van der Waals surface area contributed by atoms with Crippen molar-refractivity contribution in [3.05, 3.63) is 37.5 Å². The summed E-state index contributed by atoms with van der Waals surface area (Å²) in [6, 6.07) is 2.12. The topological polar surface area (TPSA) is 61.7 Å². The molecule has 14 heavy (non-hydrogen) atoms. The lowest BCUT2D eigenvalue weighted by atomic mass is 10.1. The number of hydrogen-bond acceptors (Lipinski definition) is 2. The van der Waals surface area contributed by atoms with Gasteiger partial charge in [-0.25, -0.2) is 0 Å². The summed E-state index contributed by atoms with van der Waals surface area (Å²) in [7, 11) is 0. The molecular formula is C9H11IN4. The zero-order valence-electron chi connectivity index (χ0n) is 7.94. The quantitative estimate of drug-likeness (QED) is 0.277. The summed E-state index contributed by atoms with van der Waals surface area (Å²) in [6.07, 6.45) is 3.68. The van der Waals surface area contributed by atoms with Crippen LogP contribution < -0.4 is 0 Å². The first-order valence-corrected chi connectivity index (χ1v) is 5.44. The highest BCUT2D eigenvalue weighted by Gasteiger charge is 1.98. The number of nitrogens with zero attached hydrogens (tertiary/aromatic N) is 4. The Kier molecular flexibility index (Phi) is 4.69. The van der Waals surface area contributed by atoms with E-state index in [9.17, 15) is 0 Å². The Labute approximate surface area is 96.5 Å². The van der Waals surface area contributed by atoms with Crippen LogP contribution in [-0.4, -0.2) is 11.5 Å². The van der Waals surface area contributed by atoms with Gasteiger partial charge in [-0.15, -0.1) is 0 Å². The van der Waals surface area contributed by atoms with Gasteiger partial charge >= 0.3 is 0 Å². The third-order valence-corrected chi connectivity index (χ3v) is 2.96. The maximum absolute atomic E-state index is 8.09. The third-order valence-electron chi connectivity index (χ3n) is 1.87. The van der Waals surface area contributed by atoms with Crippen molar-refractivity contribution in [1.82, 2.24) is 4.98 Å². The number of halogens is 1. The lowest BCUT2D eigenvalue weighted by Crippen LogP contribution is -1.93. The lowest BCUT2D eigenvalue weighted by Gasteiger charge is -2.01. The summed E-state index contributed by atoms with van der Waals surface area (Å²) in [5.74, 6) is 0. The van der Waals surface area contributed by atoms with Crippen LogP contribution in [0, 0.1) is 10.5 Å². The average molecular weight is 302 g/mol. The highest BCUT2D eigenvalue weighted by atomic mass is 127. The minimum absolute atomic E-state index is 0.557. The molecule has 0 N–H and O–H groups in total. The Hall–Kier alpha value is -0.810. The zero-order chi connectivity index (χ0) is 10.4. The van der Waals surface area contributed by atoms with Crippen LogP contribution in [-0.2, 0) is 6.42 Å². The molecule has 0 unspecified atom stereocenters. The predicted molar refractivity (Wildman–Crippen MR) is 64.0 cm³/mol. The zero-order valence-corrected chi connectivity index (χ0v) is 10.1. The first-order valence-electron chi connectivity index (χ1n) is 4.36. The van der Waals surface area contributed by atoms with E-state index in [0.29, 0.717) is 6.54 Å². The SMILES string of the molecule is Cc1ncc(CCCN=[N+]=[N-])cc1I. The molecule has 5 heteroatoms. The normalized spacial score (nSPS) is 9.57. The summed E-state index contributed by atoms with van der Waals surface area (Å²) < 4.78 is 1.18. The van der Waals surface area contributed by atoms with E-state index in [4.69, 9.17) is 5.53 Å². The monoisotopic (exact) mass is 302 g/mol. The third kappa shape index (κ3) is 3.51. The van der Waals surface area contributed by atoms with Gasteiger partial charge in [-0.05, 0) is 59.5 Å². The van der Waals surface area contributed by atoms with Gasteiger partial charge in [0, 0.05) is 21.2 Å². The summed E-state index contributed by atoms with van der Waals surface area (Å²) in [6.45, 7) is 2.55. The van der Waals surface area contributed by atoms with Gasteiger partial charge in [0.25, 0.3) is 0 Å². The molecule has 0 saturated carbocycles. The van der Waals surface area contributed by atoms with Gasteiger partial charge in [0.1, 0.15) is 0 Å². The molecule has 1 rings (SSSR count). The molecule has 0 radical (unpaired) electrons. The van der Waals surface area contributed by atoms with Crippen LogP contribution in [0.15, 0.2) is 17.4 Å². The van der Waals surface area contributed by atoms with E-state index >= 15 is 0 Å². The van der Waals surface area contributed by atoms with Gasteiger partial charge < -0.3 is 0 Å². The summed E-state index contributed by atoms with van der Waals surface area (Å²) in [5.41, 5.74) is 10.4. The Bertz CT molecular complexity index is 358. The van der Waals surface area contributed by atoms with Crippen LogP contribution in [0.4, 0.5) is 0 Å². The maximum Gasteiger partial charge on any atom is 0.0506 e. The molecule has 0 atom stereocenters. The van der Waals surface area contributed by atoms with Crippen molar-refractivity contribution < 1.29 is 0 Å². The molecular weight excluding hydrogens is 291 g/mol. The highest BCUT2D eigenvalue weighted by Crippen LogP contribution is 2.11. The van der Waals surface area contributed by atoms with Crippen LogP contribution in [0.25, 0.3) is 10.4 Å². The Balaban J connectivity index is 2.51. The molecule has 1 heterocycles. The number of pyridine rings is 1. The van der Waals surface area contributed by atoms with Gasteiger partial charge in [-0.1, -0.05) is 5.11 Å². The molecule has 4 nitrogen and oxygen atoms in total. The first kappa shape index (κ1) is 11.3. The fourth-order valence-electron chi connectivity index (χ4n) is 1.08. The van der Waals surface area contributed by atoms with E-state index in [2.05, 4.69) is 43.7 Å². The highest BCUT2D eigenvalue weighted by molar-refractivity contribution is 14.1. The Morgan fingerprint density at radius 3 is 3.07 bits per heavy atom. The number of rotatable bonds is 4. The van der Waals surface area contributed by atoms with Crippen molar-refractivity contribution in [1.29, 1.82) is 0 Å². The fourth-order valence-corrected chi connectivity index (χ4v) is 1.62. The average Bonchev–Trinajstić information content (AvgIpc) is 2.18. The number of aryl methyl sites for hydroxylation is 2. The van der Waals surface area contributed by atoms with E-state index in [-0.39, 0.29) is 0 Å². The summed E-state index contributed by atoms with van der Waals surface area (Å²) in [5, 5.41) is 3.49. The molecule has 0 aliphatic carbocycles. The molecule has 0 aliphatic heterocycles. The molecule has 0 amide bonds. The molecule has 74 valence electrons. The summed E-state index contributed by atoms with van der Waals surface area (Å²) >= 11 is 2.27. The van der Waals surface area contributed by atoms with E-state index in [1.165, 1.54) is 9.13 Å². The van der Waals surface area contributed by atoms with Crippen LogP contribution in [0.3, 0.4) is 0 Å². The standard InChI is InChI=1S/C9H11IN4/c1-7-9(10)5-8(6-12-7)3-2-4-13-14-11/h5-6H,2-4H2,1H3. The Morgan fingerprint density at radius 2 is 2.43 bits per heavy atom. The van der Waals surface area contributed by atoms with Crippen molar-refractivity contribution in [2.75, 3.05) is 6.54 Å². The molecule has 0 aliphatic rings. The smallest absolute Gasteiger partial charge is 0.0506 e. The maximum atomic E-state index is 8.09. The van der Waals surface area contributed by atoms with Crippen LogP contribution in [0.5, 0.6) is 0 Å².